The number of allylic oxidation sites excluding steroid dienone is 1. The lowest BCUT2D eigenvalue weighted by Crippen LogP contribution is -2.36. The molecular formula is C20H19N3O4. The summed E-state index contributed by atoms with van der Waals surface area (Å²) in [4.78, 5) is 25.7. The molecule has 0 fully saturated rings. The highest BCUT2D eigenvalue weighted by Crippen LogP contribution is 2.23. The molecule has 0 radical (unpaired) electrons. The number of hydrogen-bond donors (Lipinski definition) is 2. The fraction of sp³-hybridized carbons (Fsp3) is 0.200. The van der Waals surface area contributed by atoms with Crippen LogP contribution in [0, 0.1) is 0 Å². The highest BCUT2D eigenvalue weighted by Gasteiger charge is 2.25. The van der Waals surface area contributed by atoms with Crippen LogP contribution in [0.4, 0.5) is 5.69 Å². The first-order valence-electron chi connectivity index (χ1n) is 8.47. The zero-order valence-corrected chi connectivity index (χ0v) is 14.8. The van der Waals surface area contributed by atoms with E-state index < -0.39 is 11.9 Å². The van der Waals surface area contributed by atoms with Crippen LogP contribution in [0.3, 0.4) is 0 Å². The molecule has 2 aromatic rings. The predicted molar refractivity (Wildman–Crippen MR) is 98.8 cm³/mol. The Morgan fingerprint density at radius 3 is 2.37 bits per heavy atom. The topological polar surface area (TPSA) is 103 Å². The minimum Gasteiger partial charge on any atom is -0.510 e. The average Bonchev–Trinajstić information content (AvgIpc) is 2.67. The monoisotopic (exact) mass is 365 g/mol. The summed E-state index contributed by atoms with van der Waals surface area (Å²) >= 11 is 0. The number of aromatic carboxylic acids is 1. The van der Waals surface area contributed by atoms with Crippen molar-refractivity contribution in [1.82, 2.24) is 4.90 Å². The van der Waals surface area contributed by atoms with Gasteiger partial charge in [-0.25, -0.2) is 4.79 Å². The normalized spacial score (nSPS) is 14.6. The molecule has 27 heavy (non-hydrogen) atoms. The minimum atomic E-state index is -1.14. The van der Waals surface area contributed by atoms with E-state index in [0.717, 1.165) is 12.0 Å². The lowest BCUT2D eigenvalue weighted by molar-refractivity contribution is -0.128. The van der Waals surface area contributed by atoms with E-state index in [9.17, 15) is 19.8 Å². The summed E-state index contributed by atoms with van der Waals surface area (Å²) in [5, 5.41) is 26.9. The van der Waals surface area contributed by atoms with Crippen molar-refractivity contribution in [2.75, 3.05) is 6.54 Å². The van der Waals surface area contributed by atoms with E-state index in [2.05, 4.69) is 10.2 Å². The van der Waals surface area contributed by atoms with E-state index in [4.69, 9.17) is 0 Å². The van der Waals surface area contributed by atoms with Gasteiger partial charge in [0.05, 0.1) is 5.56 Å². The van der Waals surface area contributed by atoms with Crippen molar-refractivity contribution in [3.05, 3.63) is 76.7 Å². The zero-order chi connectivity index (χ0) is 19.4. The quantitative estimate of drug-likeness (QED) is 0.488. The highest BCUT2D eigenvalue weighted by molar-refractivity contribution is 5.94. The molecule has 0 aliphatic carbocycles. The van der Waals surface area contributed by atoms with Crippen LogP contribution < -0.4 is 0 Å². The maximum absolute atomic E-state index is 12.8. The lowest BCUT2D eigenvalue weighted by Gasteiger charge is -2.28. The molecule has 2 aromatic carbocycles. The van der Waals surface area contributed by atoms with Gasteiger partial charge in [-0.1, -0.05) is 36.4 Å². The first-order valence-corrected chi connectivity index (χ1v) is 8.47. The largest absolute Gasteiger partial charge is 0.510 e. The summed E-state index contributed by atoms with van der Waals surface area (Å²) in [7, 11) is 0. The molecule has 1 heterocycles. The number of carboxylic acids is 1. The molecule has 0 atom stereocenters. The molecule has 7 nitrogen and oxygen atoms in total. The second-order valence-corrected chi connectivity index (χ2v) is 6.20. The Balaban J connectivity index is 1.84. The van der Waals surface area contributed by atoms with Gasteiger partial charge in [0.15, 0.2) is 5.70 Å². The van der Waals surface area contributed by atoms with Crippen molar-refractivity contribution >= 4 is 17.6 Å². The van der Waals surface area contributed by atoms with E-state index >= 15 is 0 Å². The maximum atomic E-state index is 12.8. The Bertz CT molecular complexity index is 946. The average molecular weight is 365 g/mol. The molecule has 0 unspecified atom stereocenters. The number of nitrogens with zero attached hydrogens (tertiary/aromatic N) is 3. The number of hydrogen-bond acceptors (Lipinski definition) is 5. The van der Waals surface area contributed by atoms with Crippen molar-refractivity contribution in [1.29, 1.82) is 0 Å². The molecule has 0 aromatic heterocycles. The fourth-order valence-corrected chi connectivity index (χ4v) is 2.93. The van der Waals surface area contributed by atoms with Gasteiger partial charge in [-0.05, 0) is 36.6 Å². The summed E-state index contributed by atoms with van der Waals surface area (Å²) in [5.74, 6) is -1.86. The van der Waals surface area contributed by atoms with Gasteiger partial charge < -0.3 is 15.1 Å². The summed E-state index contributed by atoms with van der Waals surface area (Å²) in [5.41, 5.74) is 2.13. The molecule has 138 valence electrons. The van der Waals surface area contributed by atoms with Gasteiger partial charge in [0.1, 0.15) is 11.4 Å². The number of benzene rings is 2. The van der Waals surface area contributed by atoms with Crippen molar-refractivity contribution in [3.8, 4) is 0 Å². The van der Waals surface area contributed by atoms with Crippen molar-refractivity contribution < 1.29 is 19.8 Å². The Labute approximate surface area is 156 Å². The molecule has 1 aliphatic rings. The molecule has 0 bridgehead atoms. The number of azo groups is 1. The van der Waals surface area contributed by atoms with Crippen LogP contribution >= 0.6 is 0 Å². The summed E-state index contributed by atoms with van der Waals surface area (Å²) in [6.45, 7) is 2.29. The Morgan fingerprint density at radius 2 is 1.67 bits per heavy atom. The standard InChI is InChI=1S/C20H19N3O4/c1-13(24)18(22-21-17-9-5-4-8-16(17)20(26)27)19(25)23-11-10-14-6-2-3-7-15(14)12-23/h2-9,24H,10-12H2,1H3,(H,26,27)/b18-13+,22-21?. The predicted octanol–water partition coefficient (Wildman–Crippen LogP) is 3.84. The zero-order valence-electron chi connectivity index (χ0n) is 14.8. The van der Waals surface area contributed by atoms with E-state index in [-0.39, 0.29) is 22.7 Å². The number of amides is 1. The molecule has 1 aliphatic heterocycles. The van der Waals surface area contributed by atoms with Crippen LogP contribution in [0.5, 0.6) is 0 Å². The first-order chi connectivity index (χ1) is 13.0. The molecule has 2 N–H and O–H groups in total. The van der Waals surface area contributed by atoms with Gasteiger partial charge >= 0.3 is 5.97 Å². The number of rotatable bonds is 4. The molecule has 7 heteroatoms. The first kappa shape index (κ1) is 18.3. The molecular weight excluding hydrogens is 346 g/mol. The third-order valence-electron chi connectivity index (χ3n) is 4.36. The fourth-order valence-electron chi connectivity index (χ4n) is 2.93. The summed E-state index contributed by atoms with van der Waals surface area (Å²) in [6, 6.07) is 14.0. The van der Waals surface area contributed by atoms with E-state index in [1.807, 2.05) is 24.3 Å². The third-order valence-corrected chi connectivity index (χ3v) is 4.36. The van der Waals surface area contributed by atoms with Crippen molar-refractivity contribution in [2.45, 2.75) is 19.9 Å². The van der Waals surface area contributed by atoms with Gasteiger partial charge in [0, 0.05) is 13.1 Å². The molecule has 3 rings (SSSR count). The van der Waals surface area contributed by atoms with Gasteiger partial charge in [-0.2, -0.15) is 0 Å². The van der Waals surface area contributed by atoms with Crippen molar-refractivity contribution in [2.24, 2.45) is 10.2 Å². The second kappa shape index (κ2) is 7.82. The number of carboxylic acid groups (broad SMARTS) is 1. The van der Waals surface area contributed by atoms with Crippen molar-refractivity contribution in [3.63, 3.8) is 0 Å². The van der Waals surface area contributed by atoms with Gasteiger partial charge in [0.2, 0.25) is 0 Å². The Kier molecular flexibility index (Phi) is 5.30. The summed E-state index contributed by atoms with van der Waals surface area (Å²) < 4.78 is 0. The van der Waals surface area contributed by atoms with Crippen LogP contribution in [0.15, 0.2) is 70.2 Å². The molecule has 0 saturated heterocycles. The second-order valence-electron chi connectivity index (χ2n) is 6.20. The number of aliphatic hydroxyl groups is 1. The molecule has 1 amide bonds. The minimum absolute atomic E-state index is 0.0319. The molecule has 0 spiro atoms. The van der Waals surface area contributed by atoms with Crippen LogP contribution in [-0.2, 0) is 17.8 Å². The van der Waals surface area contributed by atoms with Crippen LogP contribution in [-0.4, -0.2) is 33.5 Å². The number of carbonyl (C=O) groups is 2. The van der Waals surface area contributed by atoms with Gasteiger partial charge in [0.25, 0.3) is 5.91 Å². The van der Waals surface area contributed by atoms with Gasteiger partial charge in [-0.15, -0.1) is 10.2 Å². The maximum Gasteiger partial charge on any atom is 0.337 e. The van der Waals surface area contributed by atoms with E-state index in [1.54, 1.807) is 17.0 Å². The van der Waals surface area contributed by atoms with Crippen LogP contribution in [0.2, 0.25) is 0 Å². The lowest BCUT2D eigenvalue weighted by atomic mass is 10.00. The summed E-state index contributed by atoms with van der Waals surface area (Å²) in [6.07, 6.45) is 0.721. The Morgan fingerprint density at radius 1 is 1.00 bits per heavy atom. The highest BCUT2D eigenvalue weighted by atomic mass is 16.4. The smallest absolute Gasteiger partial charge is 0.337 e. The Hall–Kier alpha value is -3.48. The number of fused-ring (bicyclic) bond motifs is 1. The van der Waals surface area contributed by atoms with Gasteiger partial charge in [-0.3, -0.25) is 4.79 Å². The van der Waals surface area contributed by atoms with Crippen LogP contribution in [0.1, 0.15) is 28.4 Å². The number of aliphatic hydroxyl groups excluding tert-OH is 1. The van der Waals surface area contributed by atoms with Crippen LogP contribution in [0.25, 0.3) is 0 Å². The molecule has 0 saturated carbocycles. The SMILES string of the molecule is C/C(O)=C(\N=Nc1ccccc1C(=O)O)C(=O)N1CCc2ccccc2C1. The van der Waals surface area contributed by atoms with E-state index in [0.29, 0.717) is 13.1 Å². The third kappa shape index (κ3) is 4.03. The van der Waals surface area contributed by atoms with E-state index in [1.165, 1.54) is 24.6 Å². The number of carbonyl (C=O) groups excluding carboxylic acids is 1.